The van der Waals surface area contributed by atoms with Gasteiger partial charge in [0.25, 0.3) is 51.8 Å². The van der Waals surface area contributed by atoms with Crippen LogP contribution in [0.2, 0.25) is 10.6 Å². The van der Waals surface area contributed by atoms with Crippen molar-refractivity contribution >= 4 is 176 Å². The summed E-state index contributed by atoms with van der Waals surface area (Å²) in [5, 5.41) is 108. The fourth-order valence-corrected chi connectivity index (χ4v) is 12.2. The average Bonchev–Trinajstić information content (AvgIpc) is 0.758. The number of nitrogens with zero attached hydrogens (tertiary/aromatic N) is 12. The van der Waals surface area contributed by atoms with Crippen molar-refractivity contribution in [3.63, 3.8) is 0 Å². The number of phenolic OH excluding ortho intramolecular Hbond substituents is 4. The number of benzene rings is 8. The number of aliphatic hydroxyl groups excluding tert-OH is 2. The van der Waals surface area contributed by atoms with Crippen molar-refractivity contribution in [3.05, 3.63) is 128 Å². The number of phenols is 4. The molecule has 0 saturated carbocycles. The van der Waals surface area contributed by atoms with Crippen LogP contribution in [-0.2, 0) is 57.3 Å². The molecular formula is C50H43Cl2CoN16O22S4+5. The van der Waals surface area contributed by atoms with E-state index < -0.39 is 138 Å². The van der Waals surface area contributed by atoms with Crippen LogP contribution in [0.3, 0.4) is 0 Å². The minimum atomic E-state index is -5.37. The van der Waals surface area contributed by atoms with Crippen LogP contribution in [0.4, 0.5) is 69.3 Å². The number of nitro benzene ring substituents is 2. The third kappa shape index (κ3) is 15.6. The van der Waals surface area contributed by atoms with Crippen molar-refractivity contribution in [1.29, 1.82) is 0 Å². The number of hydrogen-bond donors (Lipinski definition) is 14. The van der Waals surface area contributed by atoms with Crippen molar-refractivity contribution in [1.82, 2.24) is 29.9 Å². The Hall–Kier alpha value is -10.1. The van der Waals surface area contributed by atoms with E-state index in [1.165, 1.54) is 48.5 Å². The van der Waals surface area contributed by atoms with Gasteiger partial charge >= 0.3 is 7.13 Å². The van der Waals surface area contributed by atoms with Crippen LogP contribution in [0, 0.1) is 20.2 Å². The molecule has 2 aromatic heterocycles. The van der Waals surface area contributed by atoms with Gasteiger partial charge in [-0.2, -0.15) is 63.6 Å². The number of aromatic nitrogens is 6. The molecule has 0 aliphatic rings. The first-order chi connectivity index (χ1) is 44.2. The van der Waals surface area contributed by atoms with E-state index in [1.807, 2.05) is 0 Å². The number of aliphatic hydroxyl groups is 2. The molecule has 2 heterocycles. The Kier molecular flexibility index (Phi) is 20.7. The zero-order chi connectivity index (χ0) is 68.5. The number of halogens is 2. The summed E-state index contributed by atoms with van der Waals surface area (Å²) in [5.41, 5.74) is -5.89. The van der Waals surface area contributed by atoms with Crippen molar-refractivity contribution in [2.24, 2.45) is 20.5 Å². The Bertz CT molecular complexity index is 5080. The van der Waals surface area contributed by atoms with Gasteiger partial charge in [-0.25, -0.2) is 0 Å². The van der Waals surface area contributed by atoms with Crippen LogP contribution in [0.25, 0.3) is 43.1 Å². The summed E-state index contributed by atoms with van der Waals surface area (Å²) in [7, 11) is -20.9. The van der Waals surface area contributed by atoms with Crippen LogP contribution in [-0.4, -0.2) is 149 Å². The van der Waals surface area contributed by atoms with Crippen LogP contribution >= 0.6 is 23.2 Å². The molecule has 8 aromatic carbocycles. The maximum atomic E-state index is 12.6. The molecule has 45 heteroatoms. The van der Waals surface area contributed by atoms with Crippen LogP contribution < -0.4 is 21.3 Å². The number of anilines is 6. The minimum absolute atomic E-state index is 0. The second-order valence-corrected chi connectivity index (χ2v) is 25.0. The Morgan fingerprint density at radius 2 is 0.789 bits per heavy atom. The van der Waals surface area contributed by atoms with Gasteiger partial charge in [0.05, 0.1) is 23.1 Å². The predicted molar refractivity (Wildman–Crippen MR) is 336 cm³/mol. The fourth-order valence-electron chi connectivity index (χ4n) is 8.90. The van der Waals surface area contributed by atoms with E-state index in [0.717, 1.165) is 48.5 Å². The molecule has 0 spiro atoms. The number of nitrogens with one attached hydrogen (secondary N) is 4. The van der Waals surface area contributed by atoms with Crippen molar-refractivity contribution < 1.29 is 116 Å². The molecule has 0 bridgehead atoms. The van der Waals surface area contributed by atoms with E-state index in [1.54, 1.807) is 0 Å². The number of azo groups is 2. The molecule has 497 valence electrons. The molecule has 0 aliphatic carbocycles. The van der Waals surface area contributed by atoms with E-state index in [2.05, 4.69) is 71.6 Å². The van der Waals surface area contributed by atoms with Crippen molar-refractivity contribution in [3.8, 4) is 23.0 Å². The van der Waals surface area contributed by atoms with E-state index in [-0.39, 0.29) is 128 Å². The summed E-state index contributed by atoms with van der Waals surface area (Å²) in [6.45, 7) is -0.501. The summed E-state index contributed by atoms with van der Waals surface area (Å²) < 4.78 is 139. The molecule has 14 N–H and O–H groups in total. The van der Waals surface area contributed by atoms with E-state index in [0.29, 0.717) is 0 Å². The molecule has 38 nitrogen and oxygen atoms in total. The van der Waals surface area contributed by atoms with Crippen LogP contribution in [0.5, 0.6) is 23.0 Å². The molecule has 1 radical (unpaired) electrons. The monoisotopic (exact) mass is 1480 g/mol. The SMILES string of the molecule is O=[N+]([O-])c1cc2c(S(=O)(=O)O)c(N=Nc3c(S(=O)(=O)O)cc4ccccc4c3O)c(O)cc2cc1Nc1nc(Cl)nc(NCCO)n1.O=[N+]([O-])c1cc2c(S(=O)(=O)O)c(N=Nc3c(S(=O)(=O)O)cc4ccccc4c3O)c(O)cc2cc1Nc1nc(Cl)nc(NCCO)n1.[Co].[H+].[H+].[H+].[H+].[H+]. The first-order valence-corrected chi connectivity index (χ1v) is 31.9. The first kappa shape index (κ1) is 70.7. The number of fused-ring (bicyclic) bond motifs is 4. The summed E-state index contributed by atoms with van der Waals surface area (Å²) in [5.74, 6) is -4.28. The molecule has 0 aliphatic heterocycles. The normalized spacial score (nSPS) is 12.0. The topological polar surface area (TPSA) is 600 Å². The standard InChI is InChI=1S/2C25H19ClN8O11S2.Co/c2*26-23-29-24(27-5-6-35)31-25(30-23)28-15-7-12-8-17(36)19(22(47(43,44)45)14(12)10-16(15)34(38)39)32-33-20-18(46(40,41)42)9-11-3-1-2-4-13(11)21(20)37;/h2*1-4,7-10,35-37H,5-6H2,(H,40,41,42)(H,43,44,45)(H2,27,28,29,30,31);/p+5. The number of hydrogen-bond acceptors (Lipinski definition) is 32. The van der Waals surface area contributed by atoms with Gasteiger partial charge in [-0.05, 0) is 81.1 Å². The Morgan fingerprint density at radius 3 is 1.12 bits per heavy atom. The molecule has 0 amide bonds. The third-order valence-corrected chi connectivity index (χ3v) is 16.6. The zero-order valence-electron chi connectivity index (χ0n) is 51.5. The second kappa shape index (κ2) is 27.8. The van der Waals surface area contributed by atoms with Gasteiger partial charge in [0.15, 0.2) is 11.5 Å². The molecule has 0 unspecified atom stereocenters. The van der Waals surface area contributed by atoms with Gasteiger partial charge in [-0.15, -0.1) is 20.5 Å². The molecule has 10 aromatic rings. The molecule has 0 atom stereocenters. The van der Waals surface area contributed by atoms with Gasteiger partial charge in [-0.3, -0.25) is 38.4 Å². The molecule has 10 rings (SSSR count). The van der Waals surface area contributed by atoms with Crippen molar-refractivity contribution in [2.45, 2.75) is 19.6 Å². The molecule has 95 heavy (non-hydrogen) atoms. The Balaban J connectivity index is 0.000000491. The van der Waals surface area contributed by atoms with Gasteiger partial charge in [0.1, 0.15) is 65.2 Å². The Morgan fingerprint density at radius 1 is 0.453 bits per heavy atom. The predicted octanol–water partition coefficient (Wildman–Crippen LogP) is 8.97. The summed E-state index contributed by atoms with van der Waals surface area (Å²) in [6.07, 6.45) is 0. The fraction of sp³-hybridized carbons (Fsp3) is 0.0800. The first-order valence-electron chi connectivity index (χ1n) is 25.4. The molecular weight excluding hydrogens is 1430 g/mol. The largest absolute Gasteiger partial charge is 1.00 e. The summed E-state index contributed by atoms with van der Waals surface area (Å²) in [4.78, 5) is 41.3. The van der Waals surface area contributed by atoms with E-state index in [4.69, 9.17) is 33.4 Å². The second-order valence-electron chi connectivity index (χ2n) is 18.8. The van der Waals surface area contributed by atoms with Gasteiger partial charge in [-0.1, -0.05) is 48.5 Å². The zero-order valence-corrected chi connectivity index (χ0v) is 52.3. The van der Waals surface area contributed by atoms with E-state index in [9.17, 15) is 92.5 Å². The number of rotatable bonds is 20. The molecule has 0 saturated heterocycles. The number of aromatic hydroxyl groups is 4. The van der Waals surface area contributed by atoms with Gasteiger partial charge in [0, 0.05) is 63.5 Å². The van der Waals surface area contributed by atoms with Crippen molar-refractivity contribution in [2.75, 3.05) is 47.6 Å². The third-order valence-electron chi connectivity index (χ3n) is 12.7. The smallest absolute Gasteiger partial charge is 0.506 e. The maximum absolute atomic E-state index is 12.6. The number of nitro groups is 2. The van der Waals surface area contributed by atoms with E-state index >= 15 is 0 Å². The minimum Gasteiger partial charge on any atom is -0.506 e. The van der Waals surface area contributed by atoms with Gasteiger partial charge < -0.3 is 51.9 Å². The van der Waals surface area contributed by atoms with Crippen LogP contribution in [0.1, 0.15) is 7.13 Å². The summed E-state index contributed by atoms with van der Waals surface area (Å²) in [6, 6.07) is 18.9. The Labute approximate surface area is 557 Å². The van der Waals surface area contributed by atoms with Gasteiger partial charge in [0.2, 0.25) is 34.4 Å². The quantitative estimate of drug-likeness (QED) is 0.0146. The maximum Gasteiger partial charge on any atom is 1.00 e. The summed E-state index contributed by atoms with van der Waals surface area (Å²) >= 11 is 11.8. The van der Waals surface area contributed by atoms with Crippen LogP contribution in [0.15, 0.2) is 137 Å². The average molecular weight is 1480 g/mol. The molecule has 0 fully saturated rings.